The van der Waals surface area contributed by atoms with Crippen LogP contribution in [-0.4, -0.2) is 79.5 Å². The van der Waals surface area contributed by atoms with Gasteiger partial charge in [-0.2, -0.15) is 0 Å². The Kier molecular flexibility index (Phi) is 12.6. The minimum atomic E-state index is -1.43. The highest BCUT2D eigenvalue weighted by atomic mass is 35.5. The van der Waals surface area contributed by atoms with Gasteiger partial charge in [-0.1, -0.05) is 33.1 Å². The number of ether oxygens (including phenoxy) is 1. The van der Waals surface area contributed by atoms with E-state index in [9.17, 15) is 9.59 Å². The van der Waals surface area contributed by atoms with Gasteiger partial charge in [-0.05, 0) is 38.8 Å². The first-order valence-corrected chi connectivity index (χ1v) is 11.4. The largest absolute Gasteiger partial charge is 0.378 e. The summed E-state index contributed by atoms with van der Waals surface area (Å²) in [7, 11) is 0. The summed E-state index contributed by atoms with van der Waals surface area (Å²) in [4.78, 5) is 32.8. The zero-order valence-corrected chi connectivity index (χ0v) is 20.5. The summed E-state index contributed by atoms with van der Waals surface area (Å²) in [6.07, 6.45) is 8.09. The van der Waals surface area contributed by atoms with Crippen molar-refractivity contribution in [2.24, 2.45) is 5.92 Å². The Morgan fingerprint density at radius 1 is 1.03 bits per heavy atom. The summed E-state index contributed by atoms with van der Waals surface area (Å²) in [5, 5.41) is 7.81. The molecule has 3 rings (SSSR count). The second-order valence-electron chi connectivity index (χ2n) is 8.86. The Hall–Kier alpha value is -0.640. The van der Waals surface area contributed by atoms with Crippen LogP contribution >= 0.6 is 24.8 Å². The van der Waals surface area contributed by atoms with Crippen LogP contribution in [0.4, 0.5) is 0 Å². The molecule has 2 aliphatic heterocycles. The van der Waals surface area contributed by atoms with Crippen LogP contribution in [0.1, 0.15) is 58.8 Å². The van der Waals surface area contributed by atoms with E-state index in [1.54, 1.807) is 5.06 Å². The minimum absolute atomic E-state index is 0. The number of halogens is 2. The standard InChI is InChI=1S/C21H38N4O4.2ClH/c1-17(2)21(23-16-26,28-19-6-4-3-5-7-19)20(27)29-25-14-12-24(13-15-25)18-8-10-22-11-9-18;;/h16-19,22H,3-15H2,1-2H3,(H,23,26);2*1H. The lowest BCUT2D eigenvalue weighted by molar-refractivity contribution is -0.239. The maximum atomic E-state index is 13.2. The van der Waals surface area contributed by atoms with Crippen LogP contribution in [-0.2, 0) is 19.2 Å². The fourth-order valence-electron chi connectivity index (χ4n) is 4.73. The Labute approximate surface area is 198 Å². The van der Waals surface area contributed by atoms with E-state index < -0.39 is 11.7 Å². The maximum absolute atomic E-state index is 13.2. The molecule has 0 aromatic rings. The first kappa shape index (κ1) is 28.4. The number of carbonyl (C=O) groups excluding carboxylic acids is 2. The molecular formula is C21H40Cl2N4O4. The van der Waals surface area contributed by atoms with E-state index in [0.29, 0.717) is 25.5 Å². The van der Waals surface area contributed by atoms with Crippen molar-refractivity contribution in [2.45, 2.75) is 76.7 Å². The molecule has 0 radical (unpaired) electrons. The molecule has 1 saturated carbocycles. The first-order chi connectivity index (χ1) is 14.0. The minimum Gasteiger partial charge on any atom is -0.364 e. The Morgan fingerprint density at radius 2 is 1.65 bits per heavy atom. The van der Waals surface area contributed by atoms with Crippen LogP contribution in [0.15, 0.2) is 0 Å². The number of carbonyl (C=O) groups is 2. The highest BCUT2D eigenvalue weighted by Crippen LogP contribution is 2.29. The SMILES string of the molecule is CC(C)C(NC=O)(OC1CCCCC1)C(=O)ON1CCN(C2CCNCC2)CC1.Cl.Cl. The van der Waals surface area contributed by atoms with Crippen LogP contribution in [0.25, 0.3) is 0 Å². The van der Waals surface area contributed by atoms with Crippen molar-refractivity contribution in [3.8, 4) is 0 Å². The van der Waals surface area contributed by atoms with Crippen molar-refractivity contribution >= 4 is 37.2 Å². The predicted octanol–water partition coefficient (Wildman–Crippen LogP) is 2.11. The molecule has 1 atom stereocenters. The molecule has 1 aliphatic carbocycles. The maximum Gasteiger partial charge on any atom is 0.378 e. The predicted molar refractivity (Wildman–Crippen MR) is 124 cm³/mol. The third-order valence-corrected chi connectivity index (χ3v) is 6.60. The molecule has 3 aliphatic rings. The highest BCUT2D eigenvalue weighted by molar-refractivity contribution is 5.85. The number of amides is 1. The highest BCUT2D eigenvalue weighted by Gasteiger charge is 2.47. The van der Waals surface area contributed by atoms with Crippen LogP contribution in [0.5, 0.6) is 0 Å². The van der Waals surface area contributed by atoms with Crippen molar-refractivity contribution < 1.29 is 19.2 Å². The van der Waals surface area contributed by atoms with E-state index in [2.05, 4.69) is 15.5 Å². The third-order valence-electron chi connectivity index (χ3n) is 6.60. The summed E-state index contributed by atoms with van der Waals surface area (Å²) >= 11 is 0. The Bertz CT molecular complexity index is 537. The van der Waals surface area contributed by atoms with Crippen molar-refractivity contribution in [3.63, 3.8) is 0 Å². The molecule has 10 heteroatoms. The summed E-state index contributed by atoms with van der Waals surface area (Å²) < 4.78 is 6.24. The van der Waals surface area contributed by atoms with Crippen LogP contribution in [0, 0.1) is 5.92 Å². The van der Waals surface area contributed by atoms with Gasteiger partial charge in [0.15, 0.2) is 0 Å². The number of piperidine rings is 1. The van der Waals surface area contributed by atoms with Crippen molar-refractivity contribution in [1.82, 2.24) is 20.6 Å². The van der Waals surface area contributed by atoms with Crippen LogP contribution in [0.2, 0.25) is 0 Å². The third kappa shape index (κ3) is 7.44. The first-order valence-electron chi connectivity index (χ1n) is 11.4. The quantitative estimate of drug-likeness (QED) is 0.404. The van der Waals surface area contributed by atoms with Gasteiger partial charge in [-0.15, -0.1) is 29.9 Å². The van der Waals surface area contributed by atoms with Gasteiger partial charge in [-0.3, -0.25) is 9.69 Å². The summed E-state index contributed by atoms with van der Waals surface area (Å²) in [5.74, 6) is -0.751. The molecule has 0 aromatic carbocycles. The molecule has 31 heavy (non-hydrogen) atoms. The van der Waals surface area contributed by atoms with Gasteiger partial charge in [0.2, 0.25) is 12.1 Å². The summed E-state index contributed by atoms with van der Waals surface area (Å²) in [6, 6.07) is 0.621. The van der Waals surface area contributed by atoms with E-state index in [4.69, 9.17) is 9.57 Å². The van der Waals surface area contributed by atoms with Gasteiger partial charge in [-0.25, -0.2) is 4.79 Å². The van der Waals surface area contributed by atoms with Gasteiger partial charge in [0, 0.05) is 38.1 Å². The normalized spacial score (nSPS) is 23.8. The molecule has 182 valence electrons. The number of hydroxylamine groups is 2. The number of rotatable bonds is 8. The number of hydrogen-bond donors (Lipinski definition) is 2. The van der Waals surface area contributed by atoms with Crippen LogP contribution in [0.3, 0.4) is 0 Å². The van der Waals surface area contributed by atoms with E-state index in [0.717, 1.165) is 51.9 Å². The smallest absolute Gasteiger partial charge is 0.364 e. The average molecular weight is 483 g/mol. The van der Waals surface area contributed by atoms with Gasteiger partial charge in [0.1, 0.15) is 0 Å². The van der Waals surface area contributed by atoms with Gasteiger partial charge >= 0.3 is 5.97 Å². The Morgan fingerprint density at radius 3 is 2.19 bits per heavy atom. The van der Waals surface area contributed by atoms with Crippen molar-refractivity contribution in [1.29, 1.82) is 0 Å². The zero-order chi connectivity index (χ0) is 20.7. The molecule has 2 N–H and O–H groups in total. The second-order valence-corrected chi connectivity index (χ2v) is 8.86. The van der Waals surface area contributed by atoms with Gasteiger partial charge in [0.25, 0.3) is 0 Å². The lowest BCUT2D eigenvalue weighted by atomic mass is 9.95. The van der Waals surface area contributed by atoms with E-state index in [-0.39, 0.29) is 36.8 Å². The zero-order valence-electron chi connectivity index (χ0n) is 18.8. The molecule has 3 fully saturated rings. The summed E-state index contributed by atoms with van der Waals surface area (Å²) in [6.45, 7) is 9.04. The molecule has 2 saturated heterocycles. The molecule has 2 heterocycles. The van der Waals surface area contributed by atoms with Crippen molar-refractivity contribution in [3.05, 3.63) is 0 Å². The number of piperazine rings is 1. The monoisotopic (exact) mass is 482 g/mol. The molecular weight excluding hydrogens is 443 g/mol. The van der Waals surface area contributed by atoms with E-state index in [1.807, 2.05) is 13.8 Å². The molecule has 1 unspecified atom stereocenters. The lowest BCUT2D eigenvalue weighted by Gasteiger charge is -2.42. The molecule has 8 nitrogen and oxygen atoms in total. The fourth-order valence-corrected chi connectivity index (χ4v) is 4.73. The summed E-state index contributed by atoms with van der Waals surface area (Å²) in [5.41, 5.74) is -1.43. The van der Waals surface area contributed by atoms with E-state index in [1.165, 1.54) is 19.3 Å². The van der Waals surface area contributed by atoms with Gasteiger partial charge < -0.3 is 20.2 Å². The number of hydrogen-bond acceptors (Lipinski definition) is 7. The molecule has 0 aromatic heterocycles. The Balaban J connectivity index is 0.00000240. The molecule has 1 amide bonds. The topological polar surface area (TPSA) is 83.1 Å². The van der Waals surface area contributed by atoms with Crippen LogP contribution < -0.4 is 10.6 Å². The molecule has 0 spiro atoms. The second kappa shape index (κ2) is 13.8. The van der Waals surface area contributed by atoms with E-state index >= 15 is 0 Å². The molecule has 0 bridgehead atoms. The lowest BCUT2D eigenvalue weighted by Crippen LogP contribution is -2.62. The number of nitrogens with one attached hydrogen (secondary N) is 2. The fraction of sp³-hybridized carbons (Fsp3) is 0.905. The van der Waals surface area contributed by atoms with Gasteiger partial charge in [0.05, 0.1) is 6.10 Å². The number of nitrogens with zero attached hydrogens (tertiary/aromatic N) is 2. The van der Waals surface area contributed by atoms with Crippen molar-refractivity contribution in [2.75, 3.05) is 39.3 Å². The average Bonchev–Trinajstić information content (AvgIpc) is 2.75.